The second-order valence-electron chi connectivity index (χ2n) is 9.72. The molecule has 0 aromatic carbocycles. The number of rotatable bonds is 11. The predicted molar refractivity (Wildman–Crippen MR) is 119 cm³/mol. The first-order valence-corrected chi connectivity index (χ1v) is 12.3. The van der Waals surface area contributed by atoms with Crippen molar-refractivity contribution in [3.63, 3.8) is 0 Å². The van der Waals surface area contributed by atoms with Crippen molar-refractivity contribution < 1.29 is 4.52 Å². The molecule has 26 heavy (non-hydrogen) atoms. The molecule has 0 bridgehead atoms. The largest absolute Gasteiger partial charge is 0.463 e. The Morgan fingerprint density at radius 3 is 1.77 bits per heavy atom. The van der Waals surface area contributed by atoms with Crippen LogP contribution in [0.5, 0.6) is 0 Å². The zero-order chi connectivity index (χ0) is 20.1. The molecule has 0 aromatic rings. The average molecular weight is 382 g/mol. The van der Waals surface area contributed by atoms with Crippen LogP contribution >= 0.6 is 7.28 Å². The van der Waals surface area contributed by atoms with Gasteiger partial charge in [0.15, 0.2) is 0 Å². The first kappa shape index (κ1) is 23.5. The van der Waals surface area contributed by atoms with Gasteiger partial charge in [0.25, 0.3) is 0 Å². The van der Waals surface area contributed by atoms with Gasteiger partial charge in [-0.1, -0.05) is 79.9 Å². The SMILES string of the molecule is CCCC(C)(C)N=P(OC1=CC=CC1)(C(C)(C)CCC)C(C)(C)CCC. The van der Waals surface area contributed by atoms with E-state index in [0.717, 1.165) is 37.9 Å². The van der Waals surface area contributed by atoms with Crippen molar-refractivity contribution in [3.8, 4) is 0 Å². The van der Waals surface area contributed by atoms with Gasteiger partial charge in [-0.15, -0.1) is 0 Å². The van der Waals surface area contributed by atoms with Crippen LogP contribution < -0.4 is 0 Å². The molecule has 1 rings (SSSR count). The van der Waals surface area contributed by atoms with E-state index in [0.29, 0.717) is 0 Å². The van der Waals surface area contributed by atoms with E-state index in [9.17, 15) is 0 Å². The van der Waals surface area contributed by atoms with Crippen molar-refractivity contribution in [3.05, 3.63) is 24.0 Å². The summed E-state index contributed by atoms with van der Waals surface area (Å²) in [5.41, 5.74) is -0.0505. The molecular formula is C23H44NOP. The lowest BCUT2D eigenvalue weighted by Gasteiger charge is -2.50. The molecule has 0 atom stereocenters. The smallest absolute Gasteiger partial charge is 0.144 e. The second kappa shape index (κ2) is 9.13. The minimum atomic E-state index is -2.12. The summed E-state index contributed by atoms with van der Waals surface area (Å²) in [6, 6.07) is 0. The Kier molecular flexibility index (Phi) is 8.27. The third kappa shape index (κ3) is 5.28. The third-order valence-electron chi connectivity index (χ3n) is 5.62. The monoisotopic (exact) mass is 381 g/mol. The van der Waals surface area contributed by atoms with E-state index in [1.165, 1.54) is 12.8 Å². The lowest BCUT2D eigenvalue weighted by Crippen LogP contribution is -2.36. The summed E-state index contributed by atoms with van der Waals surface area (Å²) >= 11 is 0. The normalized spacial score (nSPS) is 16.0. The van der Waals surface area contributed by atoms with Crippen LogP contribution in [0, 0.1) is 0 Å². The molecule has 152 valence electrons. The summed E-state index contributed by atoms with van der Waals surface area (Å²) in [6.45, 7) is 21.1. The molecule has 1 aliphatic rings. The Balaban J connectivity index is 3.68. The highest BCUT2D eigenvalue weighted by atomic mass is 31.2. The zero-order valence-corrected chi connectivity index (χ0v) is 19.9. The van der Waals surface area contributed by atoms with Gasteiger partial charge in [0.1, 0.15) is 13.0 Å². The van der Waals surface area contributed by atoms with Crippen molar-refractivity contribution in [2.24, 2.45) is 4.74 Å². The van der Waals surface area contributed by atoms with Gasteiger partial charge in [-0.2, -0.15) is 0 Å². The summed E-state index contributed by atoms with van der Waals surface area (Å²) in [7, 11) is -2.12. The first-order chi connectivity index (χ1) is 12.0. The summed E-state index contributed by atoms with van der Waals surface area (Å²) in [6.07, 6.45) is 14.3. The maximum atomic E-state index is 7.06. The van der Waals surface area contributed by atoms with Gasteiger partial charge in [0.05, 0.1) is 5.54 Å². The molecule has 0 aromatic heterocycles. The lowest BCUT2D eigenvalue weighted by atomic mass is 10.0. The molecule has 3 heteroatoms. The van der Waals surface area contributed by atoms with Crippen LogP contribution in [0.1, 0.15) is 107 Å². The Bertz CT molecular complexity index is 545. The van der Waals surface area contributed by atoms with Gasteiger partial charge in [-0.05, 0) is 39.2 Å². The molecule has 0 radical (unpaired) electrons. The molecule has 0 fully saturated rings. The average Bonchev–Trinajstić information content (AvgIpc) is 2.98. The van der Waals surface area contributed by atoms with E-state index in [2.05, 4.69) is 80.5 Å². The van der Waals surface area contributed by atoms with Crippen LogP contribution in [0.3, 0.4) is 0 Å². The third-order valence-corrected chi connectivity index (χ3v) is 10.7. The predicted octanol–water partition coefficient (Wildman–Crippen LogP) is 8.70. The van der Waals surface area contributed by atoms with Crippen LogP contribution in [-0.2, 0) is 4.52 Å². The number of hydrogen-bond donors (Lipinski definition) is 0. The Hall–Kier alpha value is -0.490. The topological polar surface area (TPSA) is 21.6 Å². The fraction of sp³-hybridized carbons (Fsp3) is 0.826. The van der Waals surface area contributed by atoms with Crippen LogP contribution in [0.4, 0.5) is 0 Å². The molecule has 0 aliphatic heterocycles. The summed E-state index contributed by atoms with van der Waals surface area (Å²) in [5, 5.41) is 0.129. The minimum Gasteiger partial charge on any atom is -0.463 e. The van der Waals surface area contributed by atoms with E-state index in [1.807, 2.05) is 0 Å². The van der Waals surface area contributed by atoms with Crippen molar-refractivity contribution in [1.82, 2.24) is 0 Å². The van der Waals surface area contributed by atoms with E-state index < -0.39 is 7.28 Å². The van der Waals surface area contributed by atoms with Crippen LogP contribution in [0.15, 0.2) is 28.7 Å². The highest BCUT2D eigenvalue weighted by Gasteiger charge is 2.51. The molecule has 0 amide bonds. The lowest BCUT2D eigenvalue weighted by molar-refractivity contribution is 0.371. The Morgan fingerprint density at radius 1 is 0.885 bits per heavy atom. The molecule has 2 nitrogen and oxygen atoms in total. The summed E-state index contributed by atoms with van der Waals surface area (Å²) in [4.78, 5) is 0. The van der Waals surface area contributed by atoms with E-state index in [-0.39, 0.29) is 15.9 Å². The molecule has 0 saturated heterocycles. The molecule has 0 unspecified atom stereocenters. The zero-order valence-electron chi connectivity index (χ0n) is 19.0. The molecule has 0 heterocycles. The van der Waals surface area contributed by atoms with Gasteiger partial charge < -0.3 is 4.52 Å². The van der Waals surface area contributed by atoms with Crippen molar-refractivity contribution >= 4 is 7.28 Å². The van der Waals surface area contributed by atoms with Crippen LogP contribution in [0.2, 0.25) is 0 Å². The van der Waals surface area contributed by atoms with Gasteiger partial charge in [0.2, 0.25) is 0 Å². The molecule has 0 saturated carbocycles. The summed E-state index contributed by atoms with van der Waals surface area (Å²) in [5.74, 6) is 1.11. The van der Waals surface area contributed by atoms with Gasteiger partial charge in [-0.25, -0.2) is 0 Å². The van der Waals surface area contributed by atoms with E-state index >= 15 is 0 Å². The highest BCUT2D eigenvalue weighted by molar-refractivity contribution is 7.64. The maximum absolute atomic E-state index is 7.06. The fourth-order valence-electron chi connectivity index (χ4n) is 4.59. The molecular weight excluding hydrogens is 337 g/mol. The number of allylic oxidation sites excluding steroid dienone is 3. The highest BCUT2D eigenvalue weighted by Crippen LogP contribution is 2.74. The number of nitrogens with zero attached hydrogens (tertiary/aromatic N) is 1. The van der Waals surface area contributed by atoms with Crippen LogP contribution in [0.25, 0.3) is 0 Å². The Morgan fingerprint density at radius 2 is 1.38 bits per heavy atom. The second-order valence-corrected chi connectivity index (χ2v) is 13.7. The fourth-order valence-corrected chi connectivity index (χ4v) is 9.70. The standard InChI is InChI=1S/C23H44NOP/c1-10-17-21(4,5)24-26(22(6,7)18-11-2,23(8,9)19-12-3)25-20-15-13-14-16-20/h13-15H,10-12,16-19H2,1-9H3. The van der Waals surface area contributed by atoms with Crippen molar-refractivity contribution in [1.29, 1.82) is 0 Å². The first-order valence-electron chi connectivity index (χ1n) is 10.7. The van der Waals surface area contributed by atoms with E-state index in [4.69, 9.17) is 9.27 Å². The molecule has 0 N–H and O–H groups in total. The van der Waals surface area contributed by atoms with Crippen LogP contribution in [-0.4, -0.2) is 15.9 Å². The van der Waals surface area contributed by atoms with Gasteiger partial charge in [-0.3, -0.25) is 4.74 Å². The molecule has 1 aliphatic carbocycles. The number of hydrogen-bond acceptors (Lipinski definition) is 2. The minimum absolute atomic E-state index is 0.0505. The van der Waals surface area contributed by atoms with Crippen molar-refractivity contribution in [2.75, 3.05) is 0 Å². The molecule has 0 spiro atoms. The maximum Gasteiger partial charge on any atom is 0.144 e. The summed E-state index contributed by atoms with van der Waals surface area (Å²) < 4.78 is 12.8. The Labute approximate surface area is 164 Å². The van der Waals surface area contributed by atoms with Gasteiger partial charge >= 0.3 is 0 Å². The van der Waals surface area contributed by atoms with E-state index in [1.54, 1.807) is 0 Å². The van der Waals surface area contributed by atoms with Crippen molar-refractivity contribution in [2.45, 2.75) is 123 Å². The van der Waals surface area contributed by atoms with Gasteiger partial charge in [0, 0.05) is 16.7 Å². The quantitative estimate of drug-likeness (QED) is 0.328.